The monoisotopic (exact) mass is 156 g/mol. The molecule has 0 heterocycles. The minimum Gasteiger partial charge on any atom is -0.375 e. The number of ether oxygens (including phenoxy) is 1. The predicted molar refractivity (Wildman–Crippen MR) is 47.7 cm³/mol. The molecule has 0 aromatic rings. The van der Waals surface area contributed by atoms with Crippen LogP contribution in [0.15, 0.2) is 0 Å². The van der Waals surface area contributed by atoms with Gasteiger partial charge in [-0.05, 0) is 38.5 Å². The van der Waals surface area contributed by atoms with E-state index in [4.69, 9.17) is 4.74 Å². The summed E-state index contributed by atoms with van der Waals surface area (Å²) in [6.45, 7) is 7.60. The molecular formula is C10H20O. The van der Waals surface area contributed by atoms with Crippen molar-refractivity contribution in [3.05, 3.63) is 0 Å². The number of hydrogen-bond acceptors (Lipinski definition) is 1. The Hall–Kier alpha value is -0.0400. The molecule has 0 aliphatic heterocycles. The SMILES string of the molecule is CCCOC(C)(CC)C1CC1. The van der Waals surface area contributed by atoms with Gasteiger partial charge in [-0.2, -0.15) is 0 Å². The smallest absolute Gasteiger partial charge is 0.0679 e. The van der Waals surface area contributed by atoms with Crippen molar-refractivity contribution in [2.24, 2.45) is 5.92 Å². The van der Waals surface area contributed by atoms with Crippen molar-refractivity contribution in [1.82, 2.24) is 0 Å². The largest absolute Gasteiger partial charge is 0.375 e. The van der Waals surface area contributed by atoms with Crippen LogP contribution in [0.2, 0.25) is 0 Å². The molecule has 0 bridgehead atoms. The minimum absolute atomic E-state index is 0.204. The average molecular weight is 156 g/mol. The van der Waals surface area contributed by atoms with E-state index in [-0.39, 0.29) is 5.60 Å². The summed E-state index contributed by atoms with van der Waals surface area (Å²) in [6.07, 6.45) is 5.07. The highest BCUT2D eigenvalue weighted by molar-refractivity contribution is 4.91. The summed E-state index contributed by atoms with van der Waals surface area (Å²) < 4.78 is 5.85. The van der Waals surface area contributed by atoms with Gasteiger partial charge in [0.2, 0.25) is 0 Å². The van der Waals surface area contributed by atoms with E-state index in [1.807, 2.05) is 0 Å². The quantitative estimate of drug-likeness (QED) is 0.594. The Morgan fingerprint density at radius 1 is 1.36 bits per heavy atom. The maximum absolute atomic E-state index is 5.85. The van der Waals surface area contributed by atoms with Gasteiger partial charge in [0.25, 0.3) is 0 Å². The first kappa shape index (κ1) is 9.05. The second kappa shape index (κ2) is 3.57. The summed E-state index contributed by atoms with van der Waals surface area (Å²) in [6, 6.07) is 0. The maximum atomic E-state index is 5.85. The molecular weight excluding hydrogens is 136 g/mol. The molecule has 1 fully saturated rings. The third-order valence-corrected chi connectivity index (χ3v) is 2.78. The van der Waals surface area contributed by atoms with Crippen molar-refractivity contribution in [1.29, 1.82) is 0 Å². The third kappa shape index (κ3) is 2.19. The van der Waals surface area contributed by atoms with Crippen molar-refractivity contribution in [3.63, 3.8) is 0 Å². The Labute approximate surface area is 70.1 Å². The zero-order valence-corrected chi connectivity index (χ0v) is 8.02. The van der Waals surface area contributed by atoms with E-state index >= 15 is 0 Å². The standard InChI is InChI=1S/C10H20O/c1-4-8-11-10(3,5-2)9-6-7-9/h9H,4-8H2,1-3H3. The molecule has 0 saturated heterocycles. The predicted octanol–water partition coefficient (Wildman–Crippen LogP) is 2.99. The second-order valence-electron chi connectivity index (χ2n) is 3.79. The molecule has 1 heteroatoms. The zero-order valence-electron chi connectivity index (χ0n) is 8.02. The van der Waals surface area contributed by atoms with E-state index in [9.17, 15) is 0 Å². The molecule has 0 amide bonds. The van der Waals surface area contributed by atoms with E-state index in [0.717, 1.165) is 25.4 Å². The van der Waals surface area contributed by atoms with Crippen LogP contribution in [-0.4, -0.2) is 12.2 Å². The van der Waals surface area contributed by atoms with Gasteiger partial charge >= 0.3 is 0 Å². The lowest BCUT2D eigenvalue weighted by Crippen LogP contribution is -2.30. The van der Waals surface area contributed by atoms with Crippen molar-refractivity contribution >= 4 is 0 Å². The molecule has 1 atom stereocenters. The van der Waals surface area contributed by atoms with Gasteiger partial charge in [0.15, 0.2) is 0 Å². The Kier molecular flexibility index (Phi) is 2.94. The average Bonchev–Trinajstić information content (AvgIpc) is 2.82. The van der Waals surface area contributed by atoms with Gasteiger partial charge in [-0.25, -0.2) is 0 Å². The van der Waals surface area contributed by atoms with Crippen LogP contribution in [0.1, 0.15) is 46.5 Å². The van der Waals surface area contributed by atoms with E-state index < -0.39 is 0 Å². The maximum Gasteiger partial charge on any atom is 0.0679 e. The van der Waals surface area contributed by atoms with Crippen LogP contribution in [-0.2, 0) is 4.74 Å². The van der Waals surface area contributed by atoms with Gasteiger partial charge in [0.1, 0.15) is 0 Å². The second-order valence-corrected chi connectivity index (χ2v) is 3.79. The van der Waals surface area contributed by atoms with Gasteiger partial charge in [0, 0.05) is 6.61 Å². The van der Waals surface area contributed by atoms with Crippen LogP contribution >= 0.6 is 0 Å². The molecule has 1 unspecified atom stereocenters. The molecule has 0 aromatic heterocycles. The zero-order chi connectivity index (χ0) is 8.32. The molecule has 1 saturated carbocycles. The fraction of sp³-hybridized carbons (Fsp3) is 1.00. The Bertz CT molecular complexity index is 118. The Balaban J connectivity index is 2.31. The Morgan fingerprint density at radius 2 is 2.00 bits per heavy atom. The fourth-order valence-corrected chi connectivity index (χ4v) is 1.54. The topological polar surface area (TPSA) is 9.23 Å². The van der Waals surface area contributed by atoms with Crippen molar-refractivity contribution < 1.29 is 4.74 Å². The van der Waals surface area contributed by atoms with Gasteiger partial charge < -0.3 is 4.74 Å². The van der Waals surface area contributed by atoms with E-state index in [0.29, 0.717) is 0 Å². The van der Waals surface area contributed by atoms with Gasteiger partial charge in [-0.1, -0.05) is 13.8 Å². The van der Waals surface area contributed by atoms with Crippen LogP contribution in [0.5, 0.6) is 0 Å². The van der Waals surface area contributed by atoms with Crippen LogP contribution < -0.4 is 0 Å². The molecule has 1 rings (SSSR count). The lowest BCUT2D eigenvalue weighted by Gasteiger charge is -2.28. The van der Waals surface area contributed by atoms with E-state index in [1.54, 1.807) is 0 Å². The van der Waals surface area contributed by atoms with Crippen molar-refractivity contribution in [2.45, 2.75) is 52.1 Å². The van der Waals surface area contributed by atoms with Crippen LogP contribution in [0.3, 0.4) is 0 Å². The number of rotatable bonds is 5. The normalized spacial score (nSPS) is 23.2. The van der Waals surface area contributed by atoms with Crippen molar-refractivity contribution in [2.75, 3.05) is 6.61 Å². The van der Waals surface area contributed by atoms with Crippen LogP contribution in [0, 0.1) is 5.92 Å². The lowest BCUT2D eigenvalue weighted by molar-refractivity contribution is -0.0506. The first-order valence-electron chi connectivity index (χ1n) is 4.87. The molecule has 1 aliphatic rings. The third-order valence-electron chi connectivity index (χ3n) is 2.78. The fourth-order valence-electron chi connectivity index (χ4n) is 1.54. The Morgan fingerprint density at radius 3 is 2.36 bits per heavy atom. The summed E-state index contributed by atoms with van der Waals surface area (Å²) in [5.74, 6) is 0.860. The van der Waals surface area contributed by atoms with E-state index in [2.05, 4.69) is 20.8 Å². The first-order valence-corrected chi connectivity index (χ1v) is 4.87. The molecule has 0 radical (unpaired) electrons. The molecule has 1 aliphatic carbocycles. The summed E-state index contributed by atoms with van der Waals surface area (Å²) in [5.41, 5.74) is 0.204. The van der Waals surface area contributed by atoms with Gasteiger partial charge in [-0.3, -0.25) is 0 Å². The first-order chi connectivity index (χ1) is 5.23. The molecule has 1 nitrogen and oxygen atoms in total. The lowest BCUT2D eigenvalue weighted by atomic mass is 9.97. The van der Waals surface area contributed by atoms with Gasteiger partial charge in [0.05, 0.1) is 5.60 Å². The molecule has 11 heavy (non-hydrogen) atoms. The summed E-state index contributed by atoms with van der Waals surface area (Å²) >= 11 is 0. The molecule has 0 aromatic carbocycles. The van der Waals surface area contributed by atoms with Crippen LogP contribution in [0.25, 0.3) is 0 Å². The highest BCUT2D eigenvalue weighted by atomic mass is 16.5. The number of hydrogen-bond donors (Lipinski definition) is 0. The minimum atomic E-state index is 0.204. The molecule has 0 N–H and O–H groups in total. The molecule has 66 valence electrons. The highest BCUT2D eigenvalue weighted by Crippen LogP contribution is 2.43. The highest BCUT2D eigenvalue weighted by Gasteiger charge is 2.40. The summed E-state index contributed by atoms with van der Waals surface area (Å²) in [4.78, 5) is 0. The van der Waals surface area contributed by atoms with Crippen molar-refractivity contribution in [3.8, 4) is 0 Å². The van der Waals surface area contributed by atoms with Gasteiger partial charge in [-0.15, -0.1) is 0 Å². The van der Waals surface area contributed by atoms with E-state index in [1.165, 1.54) is 12.8 Å². The molecule has 0 spiro atoms. The summed E-state index contributed by atoms with van der Waals surface area (Å²) in [5, 5.41) is 0. The summed E-state index contributed by atoms with van der Waals surface area (Å²) in [7, 11) is 0. The van der Waals surface area contributed by atoms with Crippen LogP contribution in [0.4, 0.5) is 0 Å².